The van der Waals surface area contributed by atoms with Crippen LogP contribution in [-0.2, 0) is 14.3 Å². The standard InChI is InChI=1S/C67H131NO5/c1-3-5-7-9-11-13-14-15-16-17-32-35-38-41-45-49-53-57-61-67(72)73-62-58-54-50-46-42-39-36-33-30-28-26-24-22-20-18-19-21-23-25-27-29-31-34-37-40-44-48-52-56-60-66(71)68-64(63-69)65(70)59-55-51-47-43-12-10-8-6-4-2/h55,59,64-65,69-70H,3-54,56-58,60-63H2,1-2H3,(H,68,71)/b59-55+. The van der Waals surface area contributed by atoms with E-state index in [0.29, 0.717) is 19.4 Å². The predicted octanol–water partition coefficient (Wildman–Crippen LogP) is 21.2. The molecule has 0 saturated carbocycles. The van der Waals surface area contributed by atoms with Gasteiger partial charge in [0.1, 0.15) is 0 Å². The third-order valence-electron chi connectivity index (χ3n) is 15.8. The highest BCUT2D eigenvalue weighted by molar-refractivity contribution is 5.76. The lowest BCUT2D eigenvalue weighted by molar-refractivity contribution is -0.143. The molecule has 6 heteroatoms. The van der Waals surface area contributed by atoms with Crippen molar-refractivity contribution in [3.05, 3.63) is 12.2 Å². The van der Waals surface area contributed by atoms with Crippen LogP contribution < -0.4 is 5.32 Å². The SMILES string of the molecule is CCCCCCCCC/C=C/C(O)C(CO)NC(=O)CCCCCCCCCCCCCCCCCCCCCCCCCCCCCCCOC(=O)CCCCCCCCCCCCCCCCCCCC. The summed E-state index contributed by atoms with van der Waals surface area (Å²) in [5.74, 6) is -0.0413. The Hall–Kier alpha value is -1.40. The molecule has 0 heterocycles. The molecule has 0 aliphatic rings. The van der Waals surface area contributed by atoms with Crippen LogP contribution in [0, 0.1) is 0 Å². The van der Waals surface area contributed by atoms with Crippen LogP contribution in [0.3, 0.4) is 0 Å². The van der Waals surface area contributed by atoms with Gasteiger partial charge in [-0.05, 0) is 32.1 Å². The molecule has 0 bridgehead atoms. The summed E-state index contributed by atoms with van der Waals surface area (Å²) in [6.07, 6.45) is 77.3. The van der Waals surface area contributed by atoms with E-state index < -0.39 is 12.1 Å². The molecule has 0 fully saturated rings. The third-order valence-corrected chi connectivity index (χ3v) is 15.8. The van der Waals surface area contributed by atoms with Gasteiger partial charge in [0.25, 0.3) is 0 Å². The summed E-state index contributed by atoms with van der Waals surface area (Å²) in [5, 5.41) is 23.0. The van der Waals surface area contributed by atoms with Gasteiger partial charge in [0, 0.05) is 12.8 Å². The van der Waals surface area contributed by atoms with E-state index in [-0.39, 0.29) is 18.5 Å². The van der Waals surface area contributed by atoms with Crippen LogP contribution in [0.5, 0.6) is 0 Å². The number of amides is 1. The van der Waals surface area contributed by atoms with Crippen LogP contribution in [0.15, 0.2) is 12.2 Å². The molecule has 0 aliphatic carbocycles. The topological polar surface area (TPSA) is 95.9 Å². The molecule has 0 aromatic heterocycles. The Balaban J connectivity index is 3.29. The molecule has 73 heavy (non-hydrogen) atoms. The summed E-state index contributed by atoms with van der Waals surface area (Å²) in [7, 11) is 0. The van der Waals surface area contributed by atoms with Gasteiger partial charge < -0.3 is 20.3 Å². The van der Waals surface area contributed by atoms with Crippen molar-refractivity contribution in [1.82, 2.24) is 5.32 Å². The largest absolute Gasteiger partial charge is 0.466 e. The second kappa shape index (κ2) is 63.1. The number of esters is 1. The van der Waals surface area contributed by atoms with E-state index in [1.54, 1.807) is 6.08 Å². The number of unbranched alkanes of at least 4 members (excludes halogenated alkanes) is 52. The molecule has 2 unspecified atom stereocenters. The fourth-order valence-corrected chi connectivity index (χ4v) is 10.7. The van der Waals surface area contributed by atoms with Gasteiger partial charge in [-0.1, -0.05) is 347 Å². The molecule has 0 aromatic rings. The van der Waals surface area contributed by atoms with E-state index in [1.165, 1.54) is 315 Å². The van der Waals surface area contributed by atoms with E-state index >= 15 is 0 Å². The van der Waals surface area contributed by atoms with Crippen LogP contribution in [0.1, 0.15) is 380 Å². The highest BCUT2D eigenvalue weighted by atomic mass is 16.5. The van der Waals surface area contributed by atoms with Crippen LogP contribution in [-0.4, -0.2) is 47.4 Å². The van der Waals surface area contributed by atoms with Gasteiger partial charge in [0.2, 0.25) is 5.91 Å². The lowest BCUT2D eigenvalue weighted by Gasteiger charge is -2.20. The summed E-state index contributed by atoms with van der Waals surface area (Å²) < 4.78 is 5.51. The minimum Gasteiger partial charge on any atom is -0.466 e. The average Bonchev–Trinajstić information content (AvgIpc) is 3.39. The first-order valence-electron chi connectivity index (χ1n) is 33.5. The maximum absolute atomic E-state index is 12.4. The van der Waals surface area contributed by atoms with Gasteiger partial charge in [-0.3, -0.25) is 9.59 Å². The van der Waals surface area contributed by atoms with Crippen molar-refractivity contribution in [3.8, 4) is 0 Å². The number of carbonyl (C=O) groups excluding carboxylic acids is 2. The summed E-state index contributed by atoms with van der Waals surface area (Å²) in [6.45, 7) is 4.91. The number of allylic oxidation sites excluding steroid dienone is 1. The zero-order valence-corrected chi connectivity index (χ0v) is 49.6. The van der Waals surface area contributed by atoms with Gasteiger partial charge >= 0.3 is 5.97 Å². The molecule has 0 aliphatic heterocycles. The molecule has 0 aromatic carbocycles. The van der Waals surface area contributed by atoms with Crippen molar-refractivity contribution < 1.29 is 24.5 Å². The molecule has 0 saturated heterocycles. The van der Waals surface area contributed by atoms with E-state index in [2.05, 4.69) is 19.2 Å². The molecule has 6 nitrogen and oxygen atoms in total. The number of hydrogen-bond acceptors (Lipinski definition) is 5. The van der Waals surface area contributed by atoms with Gasteiger partial charge in [0.05, 0.1) is 25.4 Å². The molecular formula is C67H131NO5. The normalized spacial score (nSPS) is 12.5. The van der Waals surface area contributed by atoms with Gasteiger partial charge in [-0.15, -0.1) is 0 Å². The lowest BCUT2D eigenvalue weighted by Crippen LogP contribution is -2.45. The molecular weight excluding hydrogens is 899 g/mol. The van der Waals surface area contributed by atoms with E-state index in [1.807, 2.05) is 6.08 Å². The van der Waals surface area contributed by atoms with Gasteiger partial charge in [0.15, 0.2) is 0 Å². The molecule has 0 radical (unpaired) electrons. The molecule has 3 N–H and O–H groups in total. The van der Waals surface area contributed by atoms with Crippen molar-refractivity contribution in [2.24, 2.45) is 0 Å². The Bertz CT molecular complexity index is 1100. The first-order valence-corrected chi connectivity index (χ1v) is 33.5. The summed E-state index contributed by atoms with van der Waals surface area (Å²) in [4.78, 5) is 24.5. The molecule has 0 spiro atoms. The minimum absolute atomic E-state index is 0.0242. The number of aliphatic hydroxyl groups is 2. The highest BCUT2D eigenvalue weighted by Crippen LogP contribution is 2.19. The summed E-state index contributed by atoms with van der Waals surface area (Å²) in [6, 6.07) is -0.622. The number of nitrogens with one attached hydrogen (secondary N) is 1. The number of rotatable bonds is 63. The van der Waals surface area contributed by atoms with Crippen molar-refractivity contribution >= 4 is 11.9 Å². The number of aliphatic hydroxyl groups excluding tert-OH is 2. The number of ether oxygens (including phenoxy) is 1. The van der Waals surface area contributed by atoms with Crippen molar-refractivity contribution in [1.29, 1.82) is 0 Å². The quantitative estimate of drug-likeness (QED) is 0.0320. The van der Waals surface area contributed by atoms with Gasteiger partial charge in [-0.2, -0.15) is 0 Å². The smallest absolute Gasteiger partial charge is 0.305 e. The maximum Gasteiger partial charge on any atom is 0.305 e. The van der Waals surface area contributed by atoms with E-state index in [4.69, 9.17) is 4.74 Å². The lowest BCUT2D eigenvalue weighted by atomic mass is 10.0. The maximum atomic E-state index is 12.4. The molecule has 434 valence electrons. The zero-order chi connectivity index (χ0) is 52.9. The van der Waals surface area contributed by atoms with Crippen LogP contribution in [0.25, 0.3) is 0 Å². The fraction of sp³-hybridized carbons (Fsp3) is 0.940. The molecule has 2 atom stereocenters. The first-order chi connectivity index (χ1) is 36.0. The van der Waals surface area contributed by atoms with Gasteiger partial charge in [-0.25, -0.2) is 0 Å². The zero-order valence-electron chi connectivity index (χ0n) is 49.6. The summed E-state index contributed by atoms with van der Waals surface area (Å²) in [5.41, 5.74) is 0. The van der Waals surface area contributed by atoms with E-state index in [9.17, 15) is 19.8 Å². The molecule has 1 amide bonds. The minimum atomic E-state index is -0.839. The monoisotopic (exact) mass is 1030 g/mol. The Morgan fingerprint density at radius 2 is 0.630 bits per heavy atom. The second-order valence-corrected chi connectivity index (χ2v) is 23.2. The predicted molar refractivity (Wildman–Crippen MR) is 320 cm³/mol. The average molecular weight is 1030 g/mol. The Morgan fingerprint density at radius 3 is 0.932 bits per heavy atom. The summed E-state index contributed by atoms with van der Waals surface area (Å²) >= 11 is 0. The van der Waals surface area contributed by atoms with E-state index in [0.717, 1.165) is 38.5 Å². The van der Waals surface area contributed by atoms with Crippen molar-refractivity contribution in [2.75, 3.05) is 13.2 Å². The number of hydrogen-bond donors (Lipinski definition) is 3. The van der Waals surface area contributed by atoms with Crippen LogP contribution in [0.2, 0.25) is 0 Å². The van der Waals surface area contributed by atoms with Crippen LogP contribution in [0.4, 0.5) is 0 Å². The number of carbonyl (C=O) groups is 2. The van der Waals surface area contributed by atoms with Crippen molar-refractivity contribution in [3.63, 3.8) is 0 Å². The van der Waals surface area contributed by atoms with Crippen molar-refractivity contribution in [2.45, 2.75) is 392 Å². The Kier molecular flexibility index (Phi) is 61.9. The second-order valence-electron chi connectivity index (χ2n) is 23.2. The Labute approximate surface area is 457 Å². The molecule has 0 rings (SSSR count). The highest BCUT2D eigenvalue weighted by Gasteiger charge is 2.18. The fourth-order valence-electron chi connectivity index (χ4n) is 10.7. The van der Waals surface area contributed by atoms with Crippen LogP contribution >= 0.6 is 0 Å². The first kappa shape index (κ1) is 71.6. The Morgan fingerprint density at radius 1 is 0.370 bits per heavy atom. The third kappa shape index (κ3) is 59.7.